The van der Waals surface area contributed by atoms with Crippen molar-refractivity contribution in [3.05, 3.63) is 54.1 Å². The molecule has 1 saturated heterocycles. The number of nitrogens with zero attached hydrogens (tertiary/aromatic N) is 4. The van der Waals surface area contributed by atoms with E-state index >= 15 is 0 Å². The van der Waals surface area contributed by atoms with Crippen LogP contribution in [0.1, 0.15) is 5.56 Å². The SMILES string of the molecule is CN1CCN(c2ccc(N3C=NNN3)c(NCc3ccccc3)c2)CC1. The summed E-state index contributed by atoms with van der Waals surface area (Å²) in [6.45, 7) is 5.08. The molecule has 2 aliphatic rings. The van der Waals surface area contributed by atoms with Crippen molar-refractivity contribution in [2.45, 2.75) is 6.54 Å². The third-order valence-corrected chi connectivity index (χ3v) is 4.84. The number of hydrazine groups is 2. The van der Waals surface area contributed by atoms with Crippen LogP contribution in [0.3, 0.4) is 0 Å². The lowest BCUT2D eigenvalue weighted by Crippen LogP contribution is -2.44. The molecule has 0 aliphatic carbocycles. The highest BCUT2D eigenvalue weighted by molar-refractivity contribution is 5.87. The molecule has 0 radical (unpaired) electrons. The summed E-state index contributed by atoms with van der Waals surface area (Å²) in [5.41, 5.74) is 10.4. The fraction of sp³-hybridized carbons (Fsp3) is 0.316. The van der Waals surface area contributed by atoms with E-state index in [4.69, 9.17) is 0 Å². The first kappa shape index (κ1) is 16.7. The van der Waals surface area contributed by atoms with Crippen molar-refractivity contribution < 1.29 is 0 Å². The van der Waals surface area contributed by atoms with Crippen LogP contribution in [0.25, 0.3) is 0 Å². The molecule has 2 heterocycles. The molecule has 2 aromatic rings. The molecule has 26 heavy (non-hydrogen) atoms. The minimum absolute atomic E-state index is 0.776. The maximum absolute atomic E-state index is 4.02. The Bertz CT molecular complexity index is 754. The van der Waals surface area contributed by atoms with Crippen molar-refractivity contribution in [1.82, 2.24) is 16.0 Å². The summed E-state index contributed by atoms with van der Waals surface area (Å²) in [6, 6.07) is 17.0. The predicted octanol–water partition coefficient (Wildman–Crippen LogP) is 1.82. The van der Waals surface area contributed by atoms with Crippen LogP contribution >= 0.6 is 0 Å². The van der Waals surface area contributed by atoms with Gasteiger partial charge in [0.1, 0.15) is 6.34 Å². The minimum atomic E-state index is 0.776. The summed E-state index contributed by atoms with van der Waals surface area (Å²) < 4.78 is 0. The summed E-state index contributed by atoms with van der Waals surface area (Å²) in [4.78, 5) is 4.82. The molecule has 0 saturated carbocycles. The summed E-state index contributed by atoms with van der Waals surface area (Å²) >= 11 is 0. The van der Waals surface area contributed by atoms with Crippen molar-refractivity contribution in [2.75, 3.05) is 48.5 Å². The van der Waals surface area contributed by atoms with Crippen molar-refractivity contribution in [2.24, 2.45) is 5.10 Å². The van der Waals surface area contributed by atoms with Crippen molar-refractivity contribution in [3.63, 3.8) is 0 Å². The molecule has 0 atom stereocenters. The van der Waals surface area contributed by atoms with Gasteiger partial charge in [-0.2, -0.15) is 5.10 Å². The lowest BCUT2D eigenvalue weighted by molar-refractivity contribution is 0.313. The van der Waals surface area contributed by atoms with Crippen molar-refractivity contribution >= 4 is 23.4 Å². The van der Waals surface area contributed by atoms with E-state index in [0.29, 0.717) is 0 Å². The van der Waals surface area contributed by atoms with E-state index in [-0.39, 0.29) is 0 Å². The molecule has 4 rings (SSSR count). The third-order valence-electron chi connectivity index (χ3n) is 4.84. The highest BCUT2D eigenvalue weighted by atomic mass is 15.8. The molecule has 7 nitrogen and oxygen atoms in total. The van der Waals surface area contributed by atoms with Crippen LogP contribution in [-0.2, 0) is 6.54 Å². The van der Waals surface area contributed by atoms with E-state index in [0.717, 1.165) is 44.1 Å². The van der Waals surface area contributed by atoms with Crippen LogP contribution in [0.15, 0.2) is 53.6 Å². The quantitative estimate of drug-likeness (QED) is 0.764. The zero-order valence-electron chi connectivity index (χ0n) is 15.0. The Morgan fingerprint density at radius 1 is 1.04 bits per heavy atom. The zero-order valence-corrected chi connectivity index (χ0v) is 15.0. The number of likely N-dealkylation sites (N-methyl/N-ethyl adjacent to an activating group) is 1. The van der Waals surface area contributed by atoms with Crippen LogP contribution in [0.2, 0.25) is 0 Å². The first-order chi connectivity index (χ1) is 12.8. The first-order valence-electron chi connectivity index (χ1n) is 8.98. The van der Waals surface area contributed by atoms with Gasteiger partial charge >= 0.3 is 0 Å². The van der Waals surface area contributed by atoms with Gasteiger partial charge < -0.3 is 15.1 Å². The molecule has 0 bridgehead atoms. The average molecular weight is 351 g/mol. The number of hydrogen-bond donors (Lipinski definition) is 3. The van der Waals surface area contributed by atoms with Gasteiger partial charge in [0.15, 0.2) is 0 Å². The number of hydrazone groups is 1. The van der Waals surface area contributed by atoms with Crippen LogP contribution in [0.5, 0.6) is 0 Å². The van der Waals surface area contributed by atoms with E-state index in [2.05, 4.69) is 80.8 Å². The number of nitrogens with one attached hydrogen (secondary N) is 3. The van der Waals surface area contributed by atoms with Crippen molar-refractivity contribution in [1.29, 1.82) is 0 Å². The molecule has 0 unspecified atom stereocenters. The number of rotatable bonds is 5. The van der Waals surface area contributed by atoms with Gasteiger partial charge in [-0.05, 0) is 30.8 Å². The maximum Gasteiger partial charge on any atom is 0.133 e. The van der Waals surface area contributed by atoms with Gasteiger partial charge in [0.05, 0.1) is 11.4 Å². The largest absolute Gasteiger partial charge is 0.379 e. The number of anilines is 3. The predicted molar refractivity (Wildman–Crippen MR) is 107 cm³/mol. The van der Waals surface area contributed by atoms with Gasteiger partial charge in [0.2, 0.25) is 0 Å². The Labute approximate surface area is 154 Å². The smallest absolute Gasteiger partial charge is 0.133 e. The molecule has 0 spiro atoms. The summed E-state index contributed by atoms with van der Waals surface area (Å²) in [5.74, 6) is 0. The Morgan fingerprint density at radius 2 is 1.85 bits per heavy atom. The van der Waals surface area contributed by atoms with Gasteiger partial charge in [-0.15, -0.1) is 5.53 Å². The third kappa shape index (κ3) is 3.74. The highest BCUT2D eigenvalue weighted by Gasteiger charge is 2.18. The van der Waals surface area contributed by atoms with Gasteiger partial charge in [-0.3, -0.25) is 0 Å². The molecule has 1 fully saturated rings. The second-order valence-corrected chi connectivity index (χ2v) is 6.67. The number of hydrogen-bond acceptors (Lipinski definition) is 7. The number of piperazine rings is 1. The summed E-state index contributed by atoms with van der Waals surface area (Å²) in [6.07, 6.45) is 1.73. The Kier molecular flexibility index (Phi) is 4.90. The molecular formula is C19H25N7. The van der Waals surface area contributed by atoms with E-state index in [1.807, 2.05) is 11.1 Å². The summed E-state index contributed by atoms with van der Waals surface area (Å²) in [7, 11) is 2.18. The lowest BCUT2D eigenvalue weighted by atomic mass is 10.1. The summed E-state index contributed by atoms with van der Waals surface area (Å²) in [5, 5.41) is 9.48. The number of benzene rings is 2. The van der Waals surface area contributed by atoms with E-state index < -0.39 is 0 Å². The molecule has 3 N–H and O–H groups in total. The van der Waals surface area contributed by atoms with Gasteiger partial charge in [0.25, 0.3) is 0 Å². The molecule has 2 aliphatic heterocycles. The lowest BCUT2D eigenvalue weighted by Gasteiger charge is -2.34. The fourth-order valence-corrected chi connectivity index (χ4v) is 3.25. The maximum atomic E-state index is 4.02. The van der Waals surface area contributed by atoms with Crippen LogP contribution in [0.4, 0.5) is 17.1 Å². The second-order valence-electron chi connectivity index (χ2n) is 6.67. The molecule has 0 amide bonds. The van der Waals surface area contributed by atoms with Crippen LogP contribution in [0, 0.1) is 0 Å². The minimum Gasteiger partial charge on any atom is -0.379 e. The molecule has 136 valence electrons. The highest BCUT2D eigenvalue weighted by Crippen LogP contribution is 2.31. The Balaban J connectivity index is 1.57. The standard InChI is InChI=1S/C19H25N7/c1-24-9-11-25(12-10-24)17-7-8-19(26-15-21-22-23-26)18(13-17)20-14-16-5-3-2-4-6-16/h2-8,13,15,20,22-23H,9-12,14H2,1H3. The normalized spacial score (nSPS) is 17.4. The zero-order chi connectivity index (χ0) is 17.8. The van der Waals surface area contributed by atoms with E-state index in [9.17, 15) is 0 Å². The Hall–Kier alpha value is -2.77. The molecule has 0 aromatic heterocycles. The topological polar surface area (TPSA) is 58.2 Å². The van der Waals surface area contributed by atoms with Crippen LogP contribution in [-0.4, -0.2) is 44.5 Å². The average Bonchev–Trinajstić information content (AvgIpc) is 3.22. The van der Waals surface area contributed by atoms with Crippen molar-refractivity contribution in [3.8, 4) is 0 Å². The first-order valence-corrected chi connectivity index (χ1v) is 8.98. The monoisotopic (exact) mass is 351 g/mol. The van der Waals surface area contributed by atoms with E-state index in [1.165, 1.54) is 11.3 Å². The Morgan fingerprint density at radius 3 is 2.58 bits per heavy atom. The fourth-order valence-electron chi connectivity index (χ4n) is 3.25. The van der Waals surface area contributed by atoms with Gasteiger partial charge in [0, 0.05) is 38.4 Å². The van der Waals surface area contributed by atoms with Crippen LogP contribution < -0.4 is 26.3 Å². The van der Waals surface area contributed by atoms with Gasteiger partial charge in [-0.25, -0.2) is 10.5 Å². The van der Waals surface area contributed by atoms with E-state index in [1.54, 1.807) is 6.34 Å². The second kappa shape index (κ2) is 7.63. The van der Waals surface area contributed by atoms with Gasteiger partial charge in [-0.1, -0.05) is 30.3 Å². The molecule has 7 heteroatoms. The molecule has 2 aromatic carbocycles. The molecular weight excluding hydrogens is 326 g/mol.